The van der Waals surface area contributed by atoms with Crippen LogP contribution in [-0.2, 0) is 5.75 Å². The molecule has 0 amide bonds. The van der Waals surface area contributed by atoms with Gasteiger partial charge < -0.3 is 4.98 Å². The van der Waals surface area contributed by atoms with Gasteiger partial charge in [-0.1, -0.05) is 41.6 Å². The van der Waals surface area contributed by atoms with Gasteiger partial charge in [0.1, 0.15) is 12.2 Å². The number of para-hydroxylation sites is 1. The maximum absolute atomic E-state index is 12.2. The minimum atomic E-state index is -0.178. The van der Waals surface area contributed by atoms with Gasteiger partial charge in [0.2, 0.25) is 0 Å². The van der Waals surface area contributed by atoms with E-state index in [1.807, 2.05) is 35.8 Å². The molecule has 4 aromatic rings. The second kappa shape index (κ2) is 6.93. The molecule has 0 aliphatic rings. The molecule has 6 nitrogen and oxygen atoms in total. The number of thioether (sulfide) groups is 1. The maximum atomic E-state index is 12.2. The van der Waals surface area contributed by atoms with Crippen molar-refractivity contribution in [3.63, 3.8) is 0 Å². The molecule has 130 valence electrons. The average molecular weight is 384 g/mol. The fourth-order valence-corrected chi connectivity index (χ4v) is 3.64. The zero-order chi connectivity index (χ0) is 18.1. The third kappa shape index (κ3) is 3.23. The van der Waals surface area contributed by atoms with Gasteiger partial charge in [0.05, 0.1) is 22.3 Å². The molecule has 26 heavy (non-hydrogen) atoms. The normalized spacial score (nSPS) is 11.2. The first-order valence-electron chi connectivity index (χ1n) is 7.89. The van der Waals surface area contributed by atoms with Crippen molar-refractivity contribution in [2.24, 2.45) is 0 Å². The summed E-state index contributed by atoms with van der Waals surface area (Å²) in [5.41, 5.74) is 2.55. The molecule has 0 bridgehead atoms. The lowest BCUT2D eigenvalue weighted by atomic mass is 10.2. The Kier molecular flexibility index (Phi) is 4.48. The van der Waals surface area contributed by atoms with Crippen molar-refractivity contribution in [3.05, 3.63) is 75.6 Å². The van der Waals surface area contributed by atoms with Crippen molar-refractivity contribution < 1.29 is 0 Å². The summed E-state index contributed by atoms with van der Waals surface area (Å²) >= 11 is 7.46. The van der Waals surface area contributed by atoms with E-state index < -0.39 is 0 Å². The van der Waals surface area contributed by atoms with Gasteiger partial charge in [0, 0.05) is 5.02 Å². The lowest BCUT2D eigenvalue weighted by molar-refractivity contribution is 0.875. The van der Waals surface area contributed by atoms with Crippen LogP contribution in [0.3, 0.4) is 0 Å². The highest BCUT2D eigenvalue weighted by Gasteiger charge is 2.11. The van der Waals surface area contributed by atoms with E-state index in [1.54, 1.807) is 24.5 Å². The van der Waals surface area contributed by atoms with Crippen molar-refractivity contribution >= 4 is 34.3 Å². The predicted molar refractivity (Wildman–Crippen MR) is 103 cm³/mol. The van der Waals surface area contributed by atoms with Gasteiger partial charge in [-0.05, 0) is 36.8 Å². The van der Waals surface area contributed by atoms with E-state index in [1.165, 1.54) is 11.8 Å². The number of aromatic amines is 1. The summed E-state index contributed by atoms with van der Waals surface area (Å²) in [5.74, 6) is 1.02. The molecule has 0 saturated heterocycles. The summed E-state index contributed by atoms with van der Waals surface area (Å²) in [5, 5.41) is 9.99. The maximum Gasteiger partial charge on any atom is 0.258 e. The van der Waals surface area contributed by atoms with Crippen LogP contribution in [0.25, 0.3) is 16.6 Å². The second-order valence-electron chi connectivity index (χ2n) is 5.73. The highest BCUT2D eigenvalue weighted by atomic mass is 35.5. The Morgan fingerprint density at radius 3 is 2.92 bits per heavy atom. The number of nitrogens with one attached hydrogen (secondary N) is 1. The average Bonchev–Trinajstić information content (AvgIpc) is 3.08. The number of hydrogen-bond donors (Lipinski definition) is 1. The number of aryl methyl sites for hydroxylation is 1. The number of rotatable bonds is 4. The third-order valence-electron chi connectivity index (χ3n) is 3.95. The molecule has 1 N–H and O–H groups in total. The van der Waals surface area contributed by atoms with Crippen LogP contribution < -0.4 is 5.56 Å². The standard InChI is InChI=1S/C18H14ClN5OS/c1-11-4-2-3-5-15(11)24-10-20-23-18(24)26-9-16-21-14-8-12(19)6-7-13(14)17(25)22-16/h2-8,10H,9H2,1H3,(H,21,22,25). The van der Waals surface area contributed by atoms with E-state index in [9.17, 15) is 4.79 Å². The quantitative estimate of drug-likeness (QED) is 0.543. The van der Waals surface area contributed by atoms with Crippen molar-refractivity contribution in [3.8, 4) is 5.69 Å². The summed E-state index contributed by atoms with van der Waals surface area (Å²) in [6.45, 7) is 2.04. The van der Waals surface area contributed by atoms with Crippen LogP contribution in [0.5, 0.6) is 0 Å². The van der Waals surface area contributed by atoms with Crippen LogP contribution in [-0.4, -0.2) is 24.7 Å². The molecule has 0 aliphatic heterocycles. The van der Waals surface area contributed by atoms with E-state index in [0.29, 0.717) is 27.5 Å². The van der Waals surface area contributed by atoms with Crippen LogP contribution in [0.2, 0.25) is 5.02 Å². The van der Waals surface area contributed by atoms with E-state index in [-0.39, 0.29) is 5.56 Å². The first kappa shape index (κ1) is 16.8. The predicted octanol–water partition coefficient (Wildman–Crippen LogP) is 3.76. The number of halogens is 1. The zero-order valence-corrected chi connectivity index (χ0v) is 15.4. The Balaban J connectivity index is 1.63. The zero-order valence-electron chi connectivity index (χ0n) is 13.8. The Morgan fingerprint density at radius 1 is 1.23 bits per heavy atom. The molecular weight excluding hydrogens is 370 g/mol. The summed E-state index contributed by atoms with van der Waals surface area (Å²) in [6, 6.07) is 13.1. The third-order valence-corrected chi connectivity index (χ3v) is 5.14. The molecule has 0 unspecified atom stereocenters. The number of hydrogen-bond acceptors (Lipinski definition) is 5. The van der Waals surface area contributed by atoms with Crippen LogP contribution >= 0.6 is 23.4 Å². The fourth-order valence-electron chi connectivity index (χ4n) is 2.68. The smallest absolute Gasteiger partial charge is 0.258 e. The van der Waals surface area contributed by atoms with Gasteiger partial charge in [-0.25, -0.2) is 4.98 Å². The Hall–Kier alpha value is -2.64. The molecule has 0 spiro atoms. The summed E-state index contributed by atoms with van der Waals surface area (Å²) in [6.07, 6.45) is 1.68. The Morgan fingerprint density at radius 2 is 2.08 bits per heavy atom. The first-order valence-corrected chi connectivity index (χ1v) is 9.25. The molecule has 0 fully saturated rings. The number of benzene rings is 2. The lowest BCUT2D eigenvalue weighted by Crippen LogP contribution is -2.11. The van der Waals surface area contributed by atoms with Crippen molar-refractivity contribution in [1.82, 2.24) is 24.7 Å². The van der Waals surface area contributed by atoms with Gasteiger partial charge in [0.25, 0.3) is 5.56 Å². The number of aromatic nitrogens is 5. The first-order chi connectivity index (χ1) is 12.6. The number of H-pyrrole nitrogens is 1. The lowest BCUT2D eigenvalue weighted by Gasteiger charge is -2.09. The van der Waals surface area contributed by atoms with Crippen molar-refractivity contribution in [1.29, 1.82) is 0 Å². The molecule has 0 saturated carbocycles. The highest BCUT2D eigenvalue weighted by molar-refractivity contribution is 7.98. The molecule has 2 aromatic carbocycles. The van der Waals surface area contributed by atoms with E-state index in [0.717, 1.165) is 16.4 Å². The summed E-state index contributed by atoms with van der Waals surface area (Å²) in [4.78, 5) is 19.5. The van der Waals surface area contributed by atoms with Crippen LogP contribution in [0.15, 0.2) is 58.7 Å². The van der Waals surface area contributed by atoms with Crippen molar-refractivity contribution in [2.45, 2.75) is 17.8 Å². The monoisotopic (exact) mass is 383 g/mol. The molecule has 2 aromatic heterocycles. The van der Waals surface area contributed by atoms with Crippen LogP contribution in [0, 0.1) is 6.92 Å². The minimum absolute atomic E-state index is 0.178. The molecule has 0 aliphatic carbocycles. The summed E-state index contributed by atoms with van der Waals surface area (Å²) in [7, 11) is 0. The molecule has 0 radical (unpaired) electrons. The molecule has 8 heteroatoms. The summed E-state index contributed by atoms with van der Waals surface area (Å²) < 4.78 is 1.93. The van der Waals surface area contributed by atoms with Gasteiger partial charge in [-0.3, -0.25) is 9.36 Å². The van der Waals surface area contributed by atoms with Gasteiger partial charge >= 0.3 is 0 Å². The topological polar surface area (TPSA) is 76.5 Å². The Labute approximate surface area is 158 Å². The van der Waals surface area contributed by atoms with E-state index >= 15 is 0 Å². The SMILES string of the molecule is Cc1ccccc1-n1cnnc1SCc1nc2cc(Cl)ccc2c(=O)[nH]1. The number of fused-ring (bicyclic) bond motifs is 1. The number of nitrogens with zero attached hydrogens (tertiary/aromatic N) is 4. The van der Waals surface area contributed by atoms with E-state index in [2.05, 4.69) is 20.2 Å². The molecular formula is C18H14ClN5OS. The van der Waals surface area contributed by atoms with Crippen molar-refractivity contribution in [2.75, 3.05) is 0 Å². The van der Waals surface area contributed by atoms with E-state index in [4.69, 9.17) is 11.6 Å². The minimum Gasteiger partial charge on any atom is -0.309 e. The largest absolute Gasteiger partial charge is 0.309 e. The second-order valence-corrected chi connectivity index (χ2v) is 7.11. The molecule has 4 rings (SSSR count). The highest BCUT2D eigenvalue weighted by Crippen LogP contribution is 2.24. The van der Waals surface area contributed by atoms with Gasteiger partial charge in [-0.2, -0.15) is 0 Å². The van der Waals surface area contributed by atoms with Gasteiger partial charge in [-0.15, -0.1) is 10.2 Å². The van der Waals surface area contributed by atoms with Crippen LogP contribution in [0.1, 0.15) is 11.4 Å². The molecule has 0 atom stereocenters. The fraction of sp³-hybridized carbons (Fsp3) is 0.111. The Bertz CT molecular complexity index is 1150. The molecule has 2 heterocycles. The van der Waals surface area contributed by atoms with Gasteiger partial charge in [0.15, 0.2) is 5.16 Å². The van der Waals surface area contributed by atoms with Crippen LogP contribution in [0.4, 0.5) is 0 Å².